The largest absolute Gasteiger partial charge is 0.462 e. The van der Waals surface area contributed by atoms with E-state index >= 15 is 0 Å². The van der Waals surface area contributed by atoms with Crippen molar-refractivity contribution < 1.29 is 9.53 Å². The van der Waals surface area contributed by atoms with E-state index in [4.69, 9.17) is 4.74 Å². The van der Waals surface area contributed by atoms with Crippen molar-refractivity contribution in [3.63, 3.8) is 0 Å². The van der Waals surface area contributed by atoms with Crippen molar-refractivity contribution in [1.29, 1.82) is 0 Å². The topological polar surface area (TPSA) is 26.3 Å². The number of aryl methyl sites for hydroxylation is 1. The molecule has 1 rings (SSSR count). The molecule has 0 aromatic heterocycles. The molecule has 0 radical (unpaired) electrons. The highest BCUT2D eigenvalue weighted by Crippen LogP contribution is 2.19. The van der Waals surface area contributed by atoms with Crippen LogP contribution in [0, 0.1) is 6.92 Å². The number of carbonyl (C=O) groups is 1. The van der Waals surface area contributed by atoms with E-state index in [0.717, 1.165) is 16.9 Å². The molecule has 0 spiro atoms. The van der Waals surface area contributed by atoms with Crippen molar-refractivity contribution in [2.75, 3.05) is 12.9 Å². The van der Waals surface area contributed by atoms with Crippen LogP contribution in [0.25, 0.3) is 0 Å². The Kier molecular flexibility index (Phi) is 4.69. The first-order chi connectivity index (χ1) is 7.19. The maximum atomic E-state index is 11.7. The summed E-state index contributed by atoms with van der Waals surface area (Å²) in [6, 6.07) is 5.85. The monoisotopic (exact) mass is 224 g/mol. The van der Waals surface area contributed by atoms with Crippen LogP contribution in [-0.2, 0) is 4.74 Å². The second-order valence-electron chi connectivity index (χ2n) is 3.32. The third kappa shape index (κ3) is 3.27. The summed E-state index contributed by atoms with van der Waals surface area (Å²) >= 11 is 1.63. The van der Waals surface area contributed by atoms with Crippen LogP contribution < -0.4 is 0 Å². The van der Waals surface area contributed by atoms with Gasteiger partial charge < -0.3 is 4.74 Å². The number of benzene rings is 1. The van der Waals surface area contributed by atoms with Crippen LogP contribution in [0.2, 0.25) is 0 Å². The smallest absolute Gasteiger partial charge is 0.338 e. The van der Waals surface area contributed by atoms with Gasteiger partial charge in [0.1, 0.15) is 0 Å². The third-order valence-electron chi connectivity index (χ3n) is 2.10. The molecular formula is C12H16O2S. The molecule has 3 heteroatoms. The zero-order chi connectivity index (χ0) is 11.3. The summed E-state index contributed by atoms with van der Waals surface area (Å²) in [7, 11) is 0. The minimum Gasteiger partial charge on any atom is -0.462 e. The molecule has 0 N–H and O–H groups in total. The van der Waals surface area contributed by atoms with Gasteiger partial charge in [0, 0.05) is 4.90 Å². The molecule has 0 bridgehead atoms. The number of esters is 1. The van der Waals surface area contributed by atoms with E-state index in [2.05, 4.69) is 0 Å². The van der Waals surface area contributed by atoms with E-state index in [9.17, 15) is 4.79 Å². The molecule has 0 atom stereocenters. The van der Waals surface area contributed by atoms with Gasteiger partial charge in [-0.3, -0.25) is 0 Å². The van der Waals surface area contributed by atoms with Crippen molar-refractivity contribution in [2.24, 2.45) is 0 Å². The van der Waals surface area contributed by atoms with Gasteiger partial charge in [0.2, 0.25) is 0 Å². The van der Waals surface area contributed by atoms with Crippen molar-refractivity contribution in [2.45, 2.75) is 25.2 Å². The lowest BCUT2D eigenvalue weighted by Gasteiger charge is -2.07. The van der Waals surface area contributed by atoms with Crippen molar-refractivity contribution in [3.8, 4) is 0 Å². The van der Waals surface area contributed by atoms with Crippen LogP contribution in [0.15, 0.2) is 23.1 Å². The Morgan fingerprint density at radius 1 is 1.47 bits per heavy atom. The SMILES string of the molecule is CCCOC(=O)c1cc(SC)ccc1C. The summed E-state index contributed by atoms with van der Waals surface area (Å²) in [6.07, 6.45) is 2.85. The van der Waals surface area contributed by atoms with Crippen molar-refractivity contribution in [3.05, 3.63) is 29.3 Å². The fourth-order valence-electron chi connectivity index (χ4n) is 1.22. The van der Waals surface area contributed by atoms with Crippen LogP contribution in [-0.4, -0.2) is 18.8 Å². The molecule has 2 nitrogen and oxygen atoms in total. The van der Waals surface area contributed by atoms with Gasteiger partial charge in [-0.2, -0.15) is 0 Å². The van der Waals surface area contributed by atoms with Crippen LogP contribution in [0.4, 0.5) is 0 Å². The lowest BCUT2D eigenvalue weighted by molar-refractivity contribution is 0.0504. The van der Waals surface area contributed by atoms with Gasteiger partial charge in [-0.25, -0.2) is 4.79 Å². The van der Waals surface area contributed by atoms with E-state index in [1.54, 1.807) is 11.8 Å². The summed E-state index contributed by atoms with van der Waals surface area (Å²) in [4.78, 5) is 12.7. The van der Waals surface area contributed by atoms with E-state index < -0.39 is 0 Å². The van der Waals surface area contributed by atoms with Gasteiger partial charge in [0.05, 0.1) is 12.2 Å². The average Bonchev–Trinajstić information content (AvgIpc) is 2.26. The molecule has 0 aliphatic heterocycles. The fraction of sp³-hybridized carbons (Fsp3) is 0.417. The molecule has 82 valence electrons. The Morgan fingerprint density at radius 3 is 2.80 bits per heavy atom. The maximum Gasteiger partial charge on any atom is 0.338 e. The predicted octanol–water partition coefficient (Wildman–Crippen LogP) is 3.28. The summed E-state index contributed by atoms with van der Waals surface area (Å²) in [5.74, 6) is -0.217. The lowest BCUT2D eigenvalue weighted by atomic mass is 10.1. The van der Waals surface area contributed by atoms with Gasteiger partial charge in [0.15, 0.2) is 0 Å². The first-order valence-corrected chi connectivity index (χ1v) is 6.23. The number of ether oxygens (including phenoxy) is 1. The first-order valence-electron chi connectivity index (χ1n) is 5.00. The summed E-state index contributed by atoms with van der Waals surface area (Å²) in [5, 5.41) is 0. The summed E-state index contributed by atoms with van der Waals surface area (Å²) in [5.41, 5.74) is 1.64. The molecule has 0 saturated heterocycles. The Hall–Kier alpha value is -0.960. The van der Waals surface area contributed by atoms with Gasteiger partial charge in [-0.05, 0) is 37.3 Å². The summed E-state index contributed by atoms with van der Waals surface area (Å²) < 4.78 is 5.11. The van der Waals surface area contributed by atoms with Gasteiger partial charge in [-0.1, -0.05) is 13.0 Å². The summed E-state index contributed by atoms with van der Waals surface area (Å²) in [6.45, 7) is 4.40. The van der Waals surface area contributed by atoms with Crippen molar-refractivity contribution >= 4 is 17.7 Å². The molecular weight excluding hydrogens is 208 g/mol. The zero-order valence-corrected chi connectivity index (χ0v) is 10.2. The minimum atomic E-state index is -0.217. The highest BCUT2D eigenvalue weighted by molar-refractivity contribution is 7.98. The van der Waals surface area contributed by atoms with Gasteiger partial charge >= 0.3 is 5.97 Å². The second kappa shape index (κ2) is 5.81. The van der Waals surface area contributed by atoms with Crippen molar-refractivity contribution in [1.82, 2.24) is 0 Å². The molecule has 15 heavy (non-hydrogen) atoms. The number of rotatable bonds is 4. The molecule has 1 aromatic rings. The highest BCUT2D eigenvalue weighted by atomic mass is 32.2. The Balaban J connectivity index is 2.86. The number of thioether (sulfide) groups is 1. The highest BCUT2D eigenvalue weighted by Gasteiger charge is 2.10. The molecule has 1 aromatic carbocycles. The Morgan fingerprint density at radius 2 is 2.20 bits per heavy atom. The van der Waals surface area contributed by atoms with Gasteiger partial charge in [0.25, 0.3) is 0 Å². The number of hydrogen-bond acceptors (Lipinski definition) is 3. The van der Waals surface area contributed by atoms with Crippen LogP contribution in [0.3, 0.4) is 0 Å². The molecule has 0 fully saturated rings. The molecule has 0 saturated carbocycles. The molecule has 0 amide bonds. The third-order valence-corrected chi connectivity index (χ3v) is 2.83. The molecule has 0 heterocycles. The van der Waals surface area contributed by atoms with E-state index in [1.807, 2.05) is 38.3 Å². The minimum absolute atomic E-state index is 0.217. The standard InChI is InChI=1S/C12H16O2S/c1-4-7-14-12(13)11-8-10(15-3)6-5-9(11)2/h5-6,8H,4,7H2,1-3H3. The maximum absolute atomic E-state index is 11.7. The normalized spacial score (nSPS) is 10.1. The second-order valence-corrected chi connectivity index (χ2v) is 4.20. The number of carbonyl (C=O) groups excluding carboxylic acids is 1. The van der Waals surface area contributed by atoms with E-state index in [1.165, 1.54) is 0 Å². The molecule has 0 unspecified atom stereocenters. The van der Waals surface area contributed by atoms with Crippen LogP contribution in [0.1, 0.15) is 29.3 Å². The zero-order valence-electron chi connectivity index (χ0n) is 9.37. The quantitative estimate of drug-likeness (QED) is 0.580. The number of hydrogen-bond donors (Lipinski definition) is 0. The lowest BCUT2D eigenvalue weighted by Crippen LogP contribution is -2.07. The van der Waals surface area contributed by atoms with E-state index in [-0.39, 0.29) is 5.97 Å². The first kappa shape index (κ1) is 12.1. The average molecular weight is 224 g/mol. The Bertz CT molecular complexity index is 347. The van der Waals surface area contributed by atoms with Crippen LogP contribution in [0.5, 0.6) is 0 Å². The molecule has 0 aliphatic carbocycles. The van der Waals surface area contributed by atoms with Crippen LogP contribution >= 0.6 is 11.8 Å². The van der Waals surface area contributed by atoms with Gasteiger partial charge in [-0.15, -0.1) is 11.8 Å². The molecule has 0 aliphatic rings. The Labute approximate surface area is 95.0 Å². The van der Waals surface area contributed by atoms with E-state index in [0.29, 0.717) is 12.2 Å². The fourth-order valence-corrected chi connectivity index (χ4v) is 1.66. The predicted molar refractivity (Wildman–Crippen MR) is 63.5 cm³/mol.